The maximum atomic E-state index is 13.7. The summed E-state index contributed by atoms with van der Waals surface area (Å²) in [6, 6.07) is 1.89. The van der Waals surface area contributed by atoms with Crippen LogP contribution in [0.15, 0.2) is 35.6 Å². The molecule has 12 heteroatoms. The average Bonchev–Trinajstić information content (AvgIpc) is 3.56. The number of thiophene rings is 1. The molecule has 0 aliphatic heterocycles. The predicted octanol–water partition coefficient (Wildman–Crippen LogP) is 6.96. The maximum Gasteiger partial charge on any atom is 0.333 e. The van der Waals surface area contributed by atoms with Gasteiger partial charge in [0.25, 0.3) is 0 Å². The summed E-state index contributed by atoms with van der Waals surface area (Å²) in [5.41, 5.74) is 4.12. The largest absolute Gasteiger partial charge is 0.413 e. The molecule has 2 aromatic heterocycles. The fourth-order valence-corrected chi connectivity index (χ4v) is 14.2. The number of aromatic nitrogens is 2. The van der Waals surface area contributed by atoms with Crippen molar-refractivity contribution in [3.8, 4) is 0 Å². The van der Waals surface area contributed by atoms with Crippen molar-refractivity contribution in [2.45, 2.75) is 115 Å². The minimum absolute atomic E-state index is 0.0738. The van der Waals surface area contributed by atoms with Crippen molar-refractivity contribution in [1.82, 2.24) is 14.7 Å². The van der Waals surface area contributed by atoms with Crippen molar-refractivity contribution in [2.24, 2.45) is 5.92 Å². The summed E-state index contributed by atoms with van der Waals surface area (Å²) in [5, 5.41) is 5.55. The second-order valence-electron chi connectivity index (χ2n) is 13.1. The molecule has 3 atom stereocenters. The average molecular weight is 649 g/mol. The topological polar surface area (TPSA) is 131 Å². The van der Waals surface area contributed by atoms with Gasteiger partial charge in [0.15, 0.2) is 0 Å². The van der Waals surface area contributed by atoms with E-state index in [1.165, 1.54) is 36.1 Å². The quantitative estimate of drug-likeness (QED) is 0.0868. The monoisotopic (exact) mass is 648 g/mol. The molecular formula is C31H48N4O5S2Si. The van der Waals surface area contributed by atoms with Gasteiger partial charge in [0.05, 0.1) is 16.5 Å². The standard InChI is InChI=1S/C31H48N4O5S2Si/c1-20(2)43(21(3)4,22(5)6)40-28-15-26(14-25(28)16-34-42(37,38)39)35-31-27(17-32-19-33-31)30(36)29-13-24(18-41-29)12-23-10-8-7-9-11-23/h10,13,17-22,25-26,28,34H,7-9,11-12,14-16H2,1-6H3,(H,32,33,35)(H,37,38,39)/t25-,26-,28+/m1/s1. The summed E-state index contributed by atoms with van der Waals surface area (Å²) in [6.45, 7) is 13.4. The Kier molecular flexibility index (Phi) is 11.4. The lowest BCUT2D eigenvalue weighted by atomic mass is 9.95. The molecule has 43 heavy (non-hydrogen) atoms. The predicted molar refractivity (Wildman–Crippen MR) is 176 cm³/mol. The highest BCUT2D eigenvalue weighted by molar-refractivity contribution is 7.83. The van der Waals surface area contributed by atoms with Gasteiger partial charge < -0.3 is 9.74 Å². The number of nitrogens with one attached hydrogen (secondary N) is 2. The number of hydrogen-bond donors (Lipinski definition) is 3. The zero-order valence-electron chi connectivity index (χ0n) is 26.3. The Balaban J connectivity index is 1.53. The van der Waals surface area contributed by atoms with Gasteiger partial charge in [0.2, 0.25) is 14.1 Å². The molecule has 3 N–H and O–H groups in total. The van der Waals surface area contributed by atoms with Gasteiger partial charge in [-0.15, -0.1) is 11.3 Å². The number of carbonyl (C=O) groups excluding carboxylic acids is 1. The van der Waals surface area contributed by atoms with E-state index < -0.39 is 18.6 Å². The van der Waals surface area contributed by atoms with E-state index in [9.17, 15) is 17.8 Å². The zero-order chi connectivity index (χ0) is 31.4. The number of anilines is 1. The third-order valence-electron chi connectivity index (χ3n) is 9.21. The molecule has 0 aromatic carbocycles. The van der Waals surface area contributed by atoms with Gasteiger partial charge >= 0.3 is 10.3 Å². The SMILES string of the molecule is CC(C)[Si](O[C@H]1C[C@H](Nc2ncncc2C(=O)c2cc(CC3=CCCCC3)cs2)C[C@@H]1CNS(=O)(=O)O)(C(C)C)C(C)C. The van der Waals surface area contributed by atoms with E-state index in [2.05, 4.69) is 73.0 Å². The second-order valence-corrected chi connectivity index (χ2v) is 20.6. The van der Waals surface area contributed by atoms with E-state index in [1.807, 2.05) is 6.07 Å². The van der Waals surface area contributed by atoms with Crippen LogP contribution >= 0.6 is 11.3 Å². The number of allylic oxidation sites excluding steroid dienone is 2. The molecule has 2 aromatic rings. The molecule has 1 fully saturated rings. The molecule has 0 spiro atoms. The zero-order valence-corrected chi connectivity index (χ0v) is 28.9. The normalized spacial score (nSPS) is 21.5. The summed E-state index contributed by atoms with van der Waals surface area (Å²) in [5.74, 6) is 0.202. The van der Waals surface area contributed by atoms with Crippen molar-refractivity contribution < 1.29 is 22.2 Å². The van der Waals surface area contributed by atoms with Crippen LogP contribution in [0.1, 0.15) is 101 Å². The third-order valence-corrected chi connectivity index (χ3v) is 16.8. The molecule has 0 bridgehead atoms. The minimum atomic E-state index is -4.34. The van der Waals surface area contributed by atoms with Crippen LogP contribution in [-0.4, -0.2) is 55.7 Å². The van der Waals surface area contributed by atoms with E-state index >= 15 is 0 Å². The third kappa shape index (κ3) is 8.40. The number of nitrogens with zero attached hydrogens (tertiary/aromatic N) is 2. The van der Waals surface area contributed by atoms with E-state index in [0.717, 1.165) is 24.8 Å². The lowest BCUT2D eigenvalue weighted by Crippen LogP contribution is -2.51. The van der Waals surface area contributed by atoms with Crippen LogP contribution in [0.2, 0.25) is 16.6 Å². The summed E-state index contributed by atoms with van der Waals surface area (Å²) >= 11 is 1.45. The van der Waals surface area contributed by atoms with Gasteiger partial charge in [-0.25, -0.2) is 9.97 Å². The van der Waals surface area contributed by atoms with Crippen LogP contribution in [0, 0.1) is 5.92 Å². The molecule has 2 aliphatic rings. The smallest absolute Gasteiger partial charge is 0.333 e. The molecule has 238 valence electrons. The minimum Gasteiger partial charge on any atom is -0.413 e. The van der Waals surface area contributed by atoms with Crippen molar-refractivity contribution in [3.63, 3.8) is 0 Å². The van der Waals surface area contributed by atoms with Crippen LogP contribution in [0.25, 0.3) is 0 Å². The number of hydrogen-bond acceptors (Lipinski definition) is 8. The second kappa shape index (κ2) is 14.4. The Hall–Kier alpha value is -1.96. The first-order chi connectivity index (χ1) is 20.3. The summed E-state index contributed by atoms with van der Waals surface area (Å²) < 4.78 is 42.0. The fraction of sp³-hybridized carbons (Fsp3) is 0.645. The van der Waals surface area contributed by atoms with Crippen LogP contribution in [0.4, 0.5) is 5.82 Å². The lowest BCUT2D eigenvalue weighted by molar-refractivity contribution is 0.104. The Labute approximate surface area is 262 Å². The molecule has 0 radical (unpaired) electrons. The van der Waals surface area contributed by atoms with Crippen molar-refractivity contribution >= 4 is 41.6 Å². The Morgan fingerprint density at radius 2 is 1.86 bits per heavy atom. The molecule has 4 rings (SSSR count). The van der Waals surface area contributed by atoms with Gasteiger partial charge in [-0.1, -0.05) is 53.2 Å². The van der Waals surface area contributed by atoms with Gasteiger partial charge in [-0.05, 0) is 84.5 Å². The van der Waals surface area contributed by atoms with E-state index in [-0.39, 0.29) is 30.4 Å². The lowest BCUT2D eigenvalue weighted by Gasteiger charge is -2.45. The molecule has 2 heterocycles. The molecule has 0 saturated heterocycles. The van der Waals surface area contributed by atoms with Gasteiger partial charge in [0, 0.05) is 18.8 Å². The maximum absolute atomic E-state index is 13.7. The van der Waals surface area contributed by atoms with Gasteiger partial charge in [-0.2, -0.15) is 13.1 Å². The highest BCUT2D eigenvalue weighted by Gasteiger charge is 2.49. The summed E-state index contributed by atoms with van der Waals surface area (Å²) in [6.07, 6.45) is 12.0. The van der Waals surface area contributed by atoms with E-state index in [1.54, 1.807) is 6.20 Å². The number of ketones is 1. The molecular weight excluding hydrogens is 601 g/mol. The van der Waals surface area contributed by atoms with Crippen LogP contribution in [0.5, 0.6) is 0 Å². The van der Waals surface area contributed by atoms with Gasteiger partial charge in [0.1, 0.15) is 12.1 Å². The van der Waals surface area contributed by atoms with Crippen LogP contribution in [-0.2, 0) is 21.2 Å². The molecule has 0 amide bonds. The Bertz CT molecular complexity index is 1370. The van der Waals surface area contributed by atoms with Crippen LogP contribution in [0.3, 0.4) is 0 Å². The first-order valence-corrected chi connectivity index (χ1v) is 20.0. The highest BCUT2D eigenvalue weighted by Crippen LogP contribution is 2.46. The molecule has 2 aliphatic carbocycles. The van der Waals surface area contributed by atoms with Gasteiger partial charge in [-0.3, -0.25) is 9.35 Å². The van der Waals surface area contributed by atoms with Crippen LogP contribution < -0.4 is 10.0 Å². The summed E-state index contributed by atoms with van der Waals surface area (Å²) in [4.78, 5) is 22.9. The van der Waals surface area contributed by atoms with Crippen molar-refractivity contribution in [3.05, 3.63) is 51.6 Å². The number of rotatable bonds is 14. The fourth-order valence-electron chi connectivity index (χ4n) is 7.30. The molecule has 1 saturated carbocycles. The van der Waals surface area contributed by atoms with Crippen molar-refractivity contribution in [2.75, 3.05) is 11.9 Å². The van der Waals surface area contributed by atoms with E-state index in [0.29, 0.717) is 45.7 Å². The Morgan fingerprint density at radius 1 is 1.14 bits per heavy atom. The highest BCUT2D eigenvalue weighted by atomic mass is 32.2. The molecule has 0 unspecified atom stereocenters. The first-order valence-electron chi connectivity index (χ1n) is 15.6. The number of carbonyl (C=O) groups is 1. The van der Waals surface area contributed by atoms with E-state index in [4.69, 9.17) is 4.43 Å². The molecule has 9 nitrogen and oxygen atoms in total. The van der Waals surface area contributed by atoms with Crippen molar-refractivity contribution in [1.29, 1.82) is 0 Å². The first kappa shape index (κ1) is 33.9. The Morgan fingerprint density at radius 3 is 2.49 bits per heavy atom. The summed E-state index contributed by atoms with van der Waals surface area (Å²) in [7, 11) is -6.61.